The lowest BCUT2D eigenvalue weighted by molar-refractivity contribution is 0.503. The minimum Gasteiger partial charge on any atom is -0.469 e. The average Bonchev–Trinajstić information content (AvgIpc) is 3.02. The topological polar surface area (TPSA) is 49.6 Å². The van der Waals surface area contributed by atoms with Gasteiger partial charge in [0.05, 0.1) is 12.3 Å². The number of hydrogen-bond acceptors (Lipinski definition) is 2. The summed E-state index contributed by atoms with van der Waals surface area (Å²) in [5.41, 5.74) is 0.646. The van der Waals surface area contributed by atoms with Crippen molar-refractivity contribution in [3.63, 3.8) is 0 Å². The Bertz CT molecular complexity index is 626. The Hall–Kier alpha value is -2.37. The van der Waals surface area contributed by atoms with Crippen molar-refractivity contribution in [2.24, 2.45) is 4.99 Å². The molecule has 0 spiro atoms. The lowest BCUT2D eigenvalue weighted by Gasteiger charge is -2.18. The van der Waals surface area contributed by atoms with Crippen LogP contribution in [-0.2, 0) is 6.42 Å². The fourth-order valence-corrected chi connectivity index (χ4v) is 2.02. The van der Waals surface area contributed by atoms with Crippen LogP contribution in [0.5, 0.6) is 0 Å². The zero-order valence-electron chi connectivity index (χ0n) is 12.6. The Morgan fingerprint density at radius 3 is 2.73 bits per heavy atom. The van der Waals surface area contributed by atoms with Gasteiger partial charge in [-0.15, -0.1) is 0 Å². The summed E-state index contributed by atoms with van der Waals surface area (Å²) < 4.78 is 31.5. The fraction of sp³-hybridized carbons (Fsp3) is 0.312. The largest absolute Gasteiger partial charge is 0.469 e. The quantitative estimate of drug-likeness (QED) is 0.659. The molecule has 1 unspecified atom stereocenters. The highest BCUT2D eigenvalue weighted by atomic mass is 19.2. The minimum atomic E-state index is -0.855. The molecule has 1 atom stereocenters. The van der Waals surface area contributed by atoms with Crippen LogP contribution in [0, 0.1) is 11.6 Å². The Morgan fingerprint density at radius 2 is 2.09 bits per heavy atom. The number of rotatable bonds is 5. The van der Waals surface area contributed by atoms with Crippen LogP contribution in [-0.4, -0.2) is 19.6 Å². The molecule has 6 heteroatoms. The van der Waals surface area contributed by atoms with E-state index in [1.807, 2.05) is 19.1 Å². The second kappa shape index (κ2) is 7.59. The van der Waals surface area contributed by atoms with E-state index in [1.165, 1.54) is 6.07 Å². The van der Waals surface area contributed by atoms with Crippen LogP contribution in [0.1, 0.15) is 24.3 Å². The number of guanidine groups is 1. The summed E-state index contributed by atoms with van der Waals surface area (Å²) in [4.78, 5) is 4.11. The smallest absolute Gasteiger partial charge is 0.191 e. The van der Waals surface area contributed by atoms with Crippen molar-refractivity contribution < 1.29 is 13.2 Å². The molecule has 1 heterocycles. The van der Waals surface area contributed by atoms with Crippen LogP contribution in [0.15, 0.2) is 46.0 Å². The Morgan fingerprint density at radius 1 is 1.27 bits per heavy atom. The molecule has 0 saturated heterocycles. The van der Waals surface area contributed by atoms with Crippen molar-refractivity contribution in [3.8, 4) is 0 Å². The van der Waals surface area contributed by atoms with Gasteiger partial charge in [0.1, 0.15) is 5.76 Å². The first-order valence-corrected chi connectivity index (χ1v) is 7.04. The molecule has 0 radical (unpaired) electrons. The van der Waals surface area contributed by atoms with Crippen molar-refractivity contribution in [1.82, 2.24) is 10.6 Å². The second-order valence-corrected chi connectivity index (χ2v) is 4.87. The molecular weight excluding hydrogens is 288 g/mol. The number of nitrogens with zero attached hydrogens (tertiary/aromatic N) is 1. The minimum absolute atomic E-state index is 0.204. The van der Waals surface area contributed by atoms with Crippen molar-refractivity contribution in [1.29, 1.82) is 0 Å². The van der Waals surface area contributed by atoms with Crippen molar-refractivity contribution >= 4 is 5.96 Å². The van der Waals surface area contributed by atoms with Crippen LogP contribution in [0.3, 0.4) is 0 Å². The number of benzene rings is 1. The molecule has 0 bridgehead atoms. The van der Waals surface area contributed by atoms with Gasteiger partial charge >= 0.3 is 0 Å². The normalized spacial score (nSPS) is 13.0. The lowest BCUT2D eigenvalue weighted by atomic mass is 10.1. The van der Waals surface area contributed by atoms with E-state index in [9.17, 15) is 8.78 Å². The van der Waals surface area contributed by atoms with E-state index < -0.39 is 11.6 Å². The van der Waals surface area contributed by atoms with Gasteiger partial charge in [-0.05, 0) is 36.8 Å². The van der Waals surface area contributed by atoms with E-state index in [1.54, 1.807) is 19.4 Å². The van der Waals surface area contributed by atoms with Gasteiger partial charge in [-0.2, -0.15) is 0 Å². The molecule has 4 nitrogen and oxygen atoms in total. The van der Waals surface area contributed by atoms with E-state index in [-0.39, 0.29) is 6.04 Å². The van der Waals surface area contributed by atoms with Gasteiger partial charge in [-0.1, -0.05) is 6.07 Å². The van der Waals surface area contributed by atoms with Crippen LogP contribution < -0.4 is 10.6 Å². The first-order chi connectivity index (χ1) is 10.6. The van der Waals surface area contributed by atoms with E-state index in [0.29, 0.717) is 18.1 Å². The van der Waals surface area contributed by atoms with Gasteiger partial charge in [-0.25, -0.2) is 8.78 Å². The summed E-state index contributed by atoms with van der Waals surface area (Å²) in [5, 5.41) is 6.27. The molecule has 0 amide bonds. The predicted octanol–water partition coefficient (Wildman–Crippen LogP) is 3.03. The highest BCUT2D eigenvalue weighted by Gasteiger charge is 2.10. The maximum atomic E-state index is 13.3. The number of furan rings is 1. The molecule has 22 heavy (non-hydrogen) atoms. The molecule has 118 valence electrons. The number of hydrogen-bond donors (Lipinski definition) is 2. The molecule has 1 aromatic carbocycles. The van der Waals surface area contributed by atoms with Crippen molar-refractivity contribution in [2.75, 3.05) is 13.6 Å². The molecule has 2 aromatic rings. The van der Waals surface area contributed by atoms with Gasteiger partial charge in [0.2, 0.25) is 0 Å². The number of nitrogens with one attached hydrogen (secondary N) is 2. The molecule has 2 N–H and O–H groups in total. The summed E-state index contributed by atoms with van der Waals surface area (Å²) in [7, 11) is 1.65. The van der Waals surface area contributed by atoms with Gasteiger partial charge in [0, 0.05) is 20.0 Å². The van der Waals surface area contributed by atoms with Gasteiger partial charge < -0.3 is 15.1 Å². The van der Waals surface area contributed by atoms with Crippen molar-refractivity contribution in [2.45, 2.75) is 19.4 Å². The third-order valence-corrected chi connectivity index (χ3v) is 3.26. The molecule has 2 rings (SSSR count). The molecule has 0 aliphatic carbocycles. The van der Waals surface area contributed by atoms with Crippen LogP contribution in [0.2, 0.25) is 0 Å². The molecule has 0 aliphatic heterocycles. The number of aliphatic imine (C=N–C) groups is 1. The highest BCUT2D eigenvalue weighted by Crippen LogP contribution is 2.15. The van der Waals surface area contributed by atoms with Crippen LogP contribution >= 0.6 is 0 Å². The molecule has 1 aromatic heterocycles. The zero-order chi connectivity index (χ0) is 15.9. The van der Waals surface area contributed by atoms with E-state index in [4.69, 9.17) is 4.42 Å². The molecule has 0 fully saturated rings. The van der Waals surface area contributed by atoms with Crippen molar-refractivity contribution in [3.05, 3.63) is 59.6 Å². The summed E-state index contributed by atoms with van der Waals surface area (Å²) in [5.74, 6) is -0.232. The van der Waals surface area contributed by atoms with E-state index in [2.05, 4.69) is 15.6 Å². The summed E-state index contributed by atoms with van der Waals surface area (Å²) in [6.45, 7) is 2.50. The zero-order valence-corrected chi connectivity index (χ0v) is 12.6. The van der Waals surface area contributed by atoms with E-state index in [0.717, 1.165) is 18.2 Å². The standard InChI is InChI=1S/C16H19F2N3O/c1-11(12-5-6-14(17)15(18)10-12)21-16(19-2)20-8-7-13-4-3-9-22-13/h3-6,9-11H,7-8H2,1-2H3,(H2,19,20,21). The van der Waals surface area contributed by atoms with Crippen LogP contribution in [0.25, 0.3) is 0 Å². The number of halogens is 2. The van der Waals surface area contributed by atoms with Crippen LogP contribution in [0.4, 0.5) is 8.78 Å². The third kappa shape index (κ3) is 4.31. The molecule has 0 aliphatic rings. The first-order valence-electron chi connectivity index (χ1n) is 7.04. The Balaban J connectivity index is 1.87. The second-order valence-electron chi connectivity index (χ2n) is 4.87. The molecular formula is C16H19F2N3O. The van der Waals surface area contributed by atoms with E-state index >= 15 is 0 Å². The van der Waals surface area contributed by atoms with Gasteiger partial charge in [-0.3, -0.25) is 4.99 Å². The fourth-order valence-electron chi connectivity index (χ4n) is 2.02. The first kappa shape index (κ1) is 16.0. The Kier molecular flexibility index (Phi) is 5.52. The third-order valence-electron chi connectivity index (χ3n) is 3.26. The summed E-state index contributed by atoms with van der Waals surface area (Å²) >= 11 is 0. The predicted molar refractivity (Wildman–Crippen MR) is 81.7 cm³/mol. The van der Waals surface area contributed by atoms with Gasteiger partial charge in [0.15, 0.2) is 17.6 Å². The highest BCUT2D eigenvalue weighted by molar-refractivity contribution is 5.80. The molecule has 0 saturated carbocycles. The lowest BCUT2D eigenvalue weighted by Crippen LogP contribution is -2.39. The summed E-state index contributed by atoms with van der Waals surface area (Å²) in [6.07, 6.45) is 2.36. The maximum Gasteiger partial charge on any atom is 0.191 e. The summed E-state index contributed by atoms with van der Waals surface area (Å²) in [6, 6.07) is 7.39. The maximum absolute atomic E-state index is 13.3. The van der Waals surface area contributed by atoms with Gasteiger partial charge in [0.25, 0.3) is 0 Å². The monoisotopic (exact) mass is 307 g/mol. The average molecular weight is 307 g/mol. The Labute approximate surface area is 128 Å². The SMILES string of the molecule is CN=C(NCCc1ccco1)NC(C)c1ccc(F)c(F)c1.